The van der Waals surface area contributed by atoms with Crippen molar-refractivity contribution in [2.45, 2.75) is 13.5 Å². The van der Waals surface area contributed by atoms with Gasteiger partial charge in [-0.2, -0.15) is 4.98 Å². The van der Waals surface area contributed by atoms with Crippen LogP contribution in [-0.2, 0) is 6.54 Å². The van der Waals surface area contributed by atoms with Gasteiger partial charge in [-0.15, -0.1) is 0 Å². The maximum Gasteiger partial charge on any atom is 0.287 e. The SMILES string of the molecule is Cc1ccc(-c2noc(CN3CCN(CCNC(=O)c4ccco4)CC3)n2)cc1. The molecule has 1 saturated heterocycles. The van der Waals surface area contributed by atoms with E-state index >= 15 is 0 Å². The molecule has 1 aliphatic heterocycles. The number of aromatic nitrogens is 2. The molecule has 152 valence electrons. The number of piperazine rings is 1. The van der Waals surface area contributed by atoms with Crippen molar-refractivity contribution in [3.05, 3.63) is 59.9 Å². The fourth-order valence-electron chi connectivity index (χ4n) is 3.32. The number of benzene rings is 1. The summed E-state index contributed by atoms with van der Waals surface area (Å²) >= 11 is 0. The highest BCUT2D eigenvalue weighted by Crippen LogP contribution is 2.17. The van der Waals surface area contributed by atoms with Crippen LogP contribution in [0.25, 0.3) is 11.4 Å². The third kappa shape index (κ3) is 5.10. The normalized spacial score (nSPS) is 15.5. The molecule has 8 nitrogen and oxygen atoms in total. The van der Waals surface area contributed by atoms with E-state index in [0.29, 0.717) is 30.6 Å². The summed E-state index contributed by atoms with van der Waals surface area (Å²) in [5, 5.41) is 6.99. The summed E-state index contributed by atoms with van der Waals surface area (Å²) in [5.41, 5.74) is 2.17. The fraction of sp³-hybridized carbons (Fsp3) is 0.381. The zero-order valence-electron chi connectivity index (χ0n) is 16.5. The molecule has 1 N–H and O–H groups in total. The minimum absolute atomic E-state index is 0.172. The first-order chi connectivity index (χ1) is 14.2. The van der Waals surface area contributed by atoms with Gasteiger partial charge in [-0.25, -0.2) is 0 Å². The number of carbonyl (C=O) groups excluding carboxylic acids is 1. The first-order valence-electron chi connectivity index (χ1n) is 9.83. The molecule has 0 spiro atoms. The molecule has 1 aliphatic rings. The molecule has 3 heterocycles. The lowest BCUT2D eigenvalue weighted by atomic mass is 10.1. The van der Waals surface area contributed by atoms with Crippen LogP contribution in [0.15, 0.2) is 51.6 Å². The van der Waals surface area contributed by atoms with E-state index in [-0.39, 0.29) is 5.91 Å². The Morgan fingerprint density at radius 1 is 1.10 bits per heavy atom. The lowest BCUT2D eigenvalue weighted by molar-refractivity contribution is 0.0902. The molecule has 1 aromatic carbocycles. The number of rotatable bonds is 7. The van der Waals surface area contributed by atoms with Crippen LogP contribution in [0.5, 0.6) is 0 Å². The largest absolute Gasteiger partial charge is 0.459 e. The number of nitrogens with zero attached hydrogens (tertiary/aromatic N) is 4. The summed E-state index contributed by atoms with van der Waals surface area (Å²) in [4.78, 5) is 21.0. The second kappa shape index (κ2) is 9.02. The summed E-state index contributed by atoms with van der Waals surface area (Å²) < 4.78 is 10.5. The van der Waals surface area contributed by atoms with Gasteiger partial charge in [0.15, 0.2) is 5.76 Å². The van der Waals surface area contributed by atoms with Crippen molar-refractivity contribution < 1.29 is 13.7 Å². The van der Waals surface area contributed by atoms with E-state index in [0.717, 1.165) is 38.3 Å². The van der Waals surface area contributed by atoms with Crippen LogP contribution in [0.3, 0.4) is 0 Å². The second-order valence-corrected chi connectivity index (χ2v) is 7.23. The van der Waals surface area contributed by atoms with Crippen molar-refractivity contribution >= 4 is 5.91 Å². The van der Waals surface area contributed by atoms with Crippen molar-refractivity contribution in [3.63, 3.8) is 0 Å². The van der Waals surface area contributed by atoms with Crippen LogP contribution in [-0.4, -0.2) is 65.1 Å². The van der Waals surface area contributed by atoms with E-state index in [4.69, 9.17) is 8.94 Å². The summed E-state index contributed by atoms with van der Waals surface area (Å²) in [6, 6.07) is 11.5. The highest BCUT2D eigenvalue weighted by Gasteiger charge is 2.19. The van der Waals surface area contributed by atoms with E-state index in [1.165, 1.54) is 11.8 Å². The minimum atomic E-state index is -0.172. The van der Waals surface area contributed by atoms with Gasteiger partial charge in [-0.05, 0) is 19.1 Å². The predicted octanol–water partition coefficient (Wildman–Crippen LogP) is 2.19. The average molecular weight is 395 g/mol. The molecule has 0 aliphatic carbocycles. The molecule has 0 radical (unpaired) electrons. The first-order valence-corrected chi connectivity index (χ1v) is 9.83. The van der Waals surface area contributed by atoms with Crippen LogP contribution in [0, 0.1) is 6.92 Å². The van der Waals surface area contributed by atoms with Crippen LogP contribution in [0.4, 0.5) is 0 Å². The molecule has 0 unspecified atom stereocenters. The Labute approximate surface area is 169 Å². The van der Waals surface area contributed by atoms with Gasteiger partial charge >= 0.3 is 0 Å². The number of hydrogen-bond acceptors (Lipinski definition) is 7. The average Bonchev–Trinajstić information content (AvgIpc) is 3.42. The monoisotopic (exact) mass is 395 g/mol. The Morgan fingerprint density at radius 3 is 2.59 bits per heavy atom. The maximum absolute atomic E-state index is 11.9. The summed E-state index contributed by atoms with van der Waals surface area (Å²) in [5.74, 6) is 1.44. The van der Waals surface area contributed by atoms with Crippen LogP contribution in [0.1, 0.15) is 22.0 Å². The van der Waals surface area contributed by atoms with Gasteiger partial charge in [0, 0.05) is 44.8 Å². The summed E-state index contributed by atoms with van der Waals surface area (Å²) in [7, 11) is 0. The molecule has 3 aromatic rings. The molecule has 0 atom stereocenters. The number of nitrogens with one attached hydrogen (secondary N) is 1. The number of furan rings is 1. The Hall–Kier alpha value is -2.97. The van der Waals surface area contributed by atoms with Gasteiger partial charge in [0.1, 0.15) is 0 Å². The highest BCUT2D eigenvalue weighted by atomic mass is 16.5. The molecule has 1 fully saturated rings. The second-order valence-electron chi connectivity index (χ2n) is 7.23. The van der Waals surface area contributed by atoms with E-state index in [9.17, 15) is 4.79 Å². The van der Waals surface area contributed by atoms with Gasteiger partial charge in [0.2, 0.25) is 11.7 Å². The van der Waals surface area contributed by atoms with E-state index in [1.807, 2.05) is 24.3 Å². The number of carbonyl (C=O) groups is 1. The third-order valence-electron chi connectivity index (χ3n) is 5.06. The quantitative estimate of drug-likeness (QED) is 0.656. The van der Waals surface area contributed by atoms with Gasteiger partial charge in [0.25, 0.3) is 5.91 Å². The minimum Gasteiger partial charge on any atom is -0.459 e. The Morgan fingerprint density at radius 2 is 1.86 bits per heavy atom. The van der Waals surface area contributed by atoms with Crippen molar-refractivity contribution in [2.75, 3.05) is 39.3 Å². The van der Waals surface area contributed by atoms with Crippen molar-refractivity contribution in [1.82, 2.24) is 25.3 Å². The smallest absolute Gasteiger partial charge is 0.287 e. The van der Waals surface area contributed by atoms with Crippen molar-refractivity contribution in [2.24, 2.45) is 0 Å². The summed E-state index contributed by atoms with van der Waals surface area (Å²) in [6.07, 6.45) is 1.50. The van der Waals surface area contributed by atoms with E-state index in [1.54, 1.807) is 12.1 Å². The Kier molecular flexibility index (Phi) is 6.02. The van der Waals surface area contributed by atoms with Crippen LogP contribution in [0.2, 0.25) is 0 Å². The summed E-state index contributed by atoms with van der Waals surface area (Å²) in [6.45, 7) is 7.86. The van der Waals surface area contributed by atoms with Crippen molar-refractivity contribution in [1.29, 1.82) is 0 Å². The Balaban J connectivity index is 1.19. The topological polar surface area (TPSA) is 87.6 Å². The van der Waals surface area contributed by atoms with Gasteiger partial charge in [-0.1, -0.05) is 35.0 Å². The van der Waals surface area contributed by atoms with Crippen molar-refractivity contribution in [3.8, 4) is 11.4 Å². The van der Waals surface area contributed by atoms with Crippen LogP contribution >= 0.6 is 0 Å². The lowest BCUT2D eigenvalue weighted by Crippen LogP contribution is -2.48. The molecular weight excluding hydrogens is 370 g/mol. The highest BCUT2D eigenvalue weighted by molar-refractivity contribution is 5.91. The van der Waals surface area contributed by atoms with Crippen LogP contribution < -0.4 is 5.32 Å². The van der Waals surface area contributed by atoms with E-state index < -0.39 is 0 Å². The third-order valence-corrected chi connectivity index (χ3v) is 5.06. The first kappa shape index (κ1) is 19.4. The number of amides is 1. The van der Waals surface area contributed by atoms with E-state index in [2.05, 4.69) is 32.2 Å². The molecule has 0 saturated carbocycles. The molecule has 1 amide bonds. The Bertz CT molecular complexity index is 912. The molecule has 4 rings (SSSR count). The molecule has 8 heteroatoms. The van der Waals surface area contributed by atoms with Gasteiger partial charge in [0.05, 0.1) is 12.8 Å². The predicted molar refractivity (Wildman–Crippen MR) is 107 cm³/mol. The lowest BCUT2D eigenvalue weighted by Gasteiger charge is -2.33. The fourth-order valence-corrected chi connectivity index (χ4v) is 3.32. The van der Waals surface area contributed by atoms with Gasteiger partial charge < -0.3 is 14.3 Å². The number of hydrogen-bond donors (Lipinski definition) is 1. The molecule has 2 aromatic heterocycles. The maximum atomic E-state index is 11.9. The molecule has 29 heavy (non-hydrogen) atoms. The zero-order valence-corrected chi connectivity index (χ0v) is 16.5. The number of aryl methyl sites for hydroxylation is 1. The zero-order chi connectivity index (χ0) is 20.1. The molecular formula is C21H25N5O3. The molecule has 0 bridgehead atoms. The standard InChI is InChI=1S/C21H25N5O3/c1-16-4-6-17(7-5-16)20-23-19(29-24-20)15-26-12-10-25(11-13-26)9-8-22-21(27)18-3-2-14-28-18/h2-7,14H,8-13,15H2,1H3,(H,22,27). The van der Waals surface area contributed by atoms with Gasteiger partial charge in [-0.3, -0.25) is 14.6 Å².